The molecule has 0 heterocycles. The third-order valence-corrected chi connectivity index (χ3v) is 6.72. The molecule has 4 aromatic carbocycles. The lowest BCUT2D eigenvalue weighted by Gasteiger charge is -2.23. The van der Waals surface area contributed by atoms with Gasteiger partial charge in [0.2, 0.25) is 0 Å². The first kappa shape index (κ1) is 21.3. The number of sulfonamides is 1. The van der Waals surface area contributed by atoms with Crippen LogP contribution in [0.2, 0.25) is 0 Å². The molecule has 0 atom stereocenters. The Morgan fingerprint density at radius 3 is 2.31 bits per heavy atom. The zero-order chi connectivity index (χ0) is 22.6. The van der Waals surface area contributed by atoms with Crippen molar-refractivity contribution in [2.45, 2.75) is 4.90 Å². The average Bonchev–Trinajstić information content (AvgIpc) is 2.83. The Morgan fingerprint density at radius 1 is 0.844 bits per heavy atom. The monoisotopic (exact) mass is 443 g/mol. The predicted octanol–water partition coefficient (Wildman–Crippen LogP) is 5.44. The normalized spacial score (nSPS) is 11.1. The Bertz CT molecular complexity index is 1380. The topological polar surface area (TPSA) is 63.7 Å². The van der Waals surface area contributed by atoms with Crippen LogP contribution in [0.4, 0.5) is 5.69 Å². The molecular weight excluding hydrogens is 422 g/mol. The molecule has 0 aromatic heterocycles. The molecule has 0 spiro atoms. The van der Waals surface area contributed by atoms with Gasteiger partial charge in [-0.2, -0.15) is 0 Å². The molecule has 0 aliphatic heterocycles. The van der Waals surface area contributed by atoms with Gasteiger partial charge in [0, 0.05) is 0 Å². The molecule has 6 heteroatoms. The van der Waals surface area contributed by atoms with Crippen molar-refractivity contribution in [3.63, 3.8) is 0 Å². The van der Waals surface area contributed by atoms with Crippen molar-refractivity contribution in [2.75, 3.05) is 10.8 Å². The number of hydrogen-bond donors (Lipinski definition) is 0. The Morgan fingerprint density at radius 2 is 1.56 bits per heavy atom. The lowest BCUT2D eigenvalue weighted by Crippen LogP contribution is -2.31. The highest BCUT2D eigenvalue weighted by Gasteiger charge is 2.25. The lowest BCUT2D eigenvalue weighted by atomic mass is 10.1. The van der Waals surface area contributed by atoms with Crippen LogP contribution in [0, 0.1) is 0 Å². The van der Waals surface area contributed by atoms with E-state index < -0.39 is 16.0 Å². The number of fused-ring (bicyclic) bond motifs is 1. The third kappa shape index (κ3) is 4.40. The standard InChI is InChI=1S/C26H21NO4S/c1-2-17-27(23-12-4-3-5-13-23)32(29,30)25-14-8-11-22(19-25)26(28)31-24-16-15-20-9-6-7-10-21(20)18-24/h2-16,18-19H,1,17H2. The molecule has 0 amide bonds. The Balaban J connectivity index is 1.62. The minimum atomic E-state index is -3.92. The Kier molecular flexibility index (Phi) is 6.05. The summed E-state index contributed by atoms with van der Waals surface area (Å²) in [5.74, 6) is -0.244. The minimum Gasteiger partial charge on any atom is -0.423 e. The summed E-state index contributed by atoms with van der Waals surface area (Å²) in [6.07, 6.45) is 1.52. The first-order valence-corrected chi connectivity index (χ1v) is 11.4. The largest absolute Gasteiger partial charge is 0.423 e. The van der Waals surface area contributed by atoms with E-state index in [1.807, 2.05) is 36.4 Å². The number of rotatable bonds is 7. The van der Waals surface area contributed by atoms with E-state index >= 15 is 0 Å². The first-order chi connectivity index (χ1) is 15.5. The molecule has 4 aromatic rings. The van der Waals surface area contributed by atoms with Crippen LogP contribution in [-0.2, 0) is 10.0 Å². The maximum absolute atomic E-state index is 13.3. The maximum Gasteiger partial charge on any atom is 0.343 e. The van der Waals surface area contributed by atoms with Gasteiger partial charge in [-0.3, -0.25) is 4.31 Å². The number of anilines is 1. The van der Waals surface area contributed by atoms with Crippen molar-refractivity contribution < 1.29 is 17.9 Å². The molecule has 4 rings (SSSR count). The molecule has 0 saturated carbocycles. The minimum absolute atomic E-state index is 0.00355. The van der Waals surface area contributed by atoms with Gasteiger partial charge in [-0.05, 0) is 53.2 Å². The Hall–Kier alpha value is -3.90. The second kappa shape index (κ2) is 9.08. The fraction of sp³-hybridized carbons (Fsp3) is 0.0385. The number of ether oxygens (including phenoxy) is 1. The fourth-order valence-corrected chi connectivity index (χ4v) is 4.84. The van der Waals surface area contributed by atoms with Gasteiger partial charge < -0.3 is 4.74 Å². The molecular formula is C26H21NO4S. The van der Waals surface area contributed by atoms with Crippen LogP contribution in [-0.4, -0.2) is 20.9 Å². The van der Waals surface area contributed by atoms with E-state index in [0.717, 1.165) is 10.8 Å². The summed E-state index contributed by atoms with van der Waals surface area (Å²) in [5, 5.41) is 1.97. The molecule has 0 unspecified atom stereocenters. The zero-order valence-corrected chi connectivity index (χ0v) is 18.0. The van der Waals surface area contributed by atoms with Gasteiger partial charge in [0.05, 0.1) is 22.7 Å². The Labute approximate surface area is 187 Å². The number of para-hydroxylation sites is 1. The highest BCUT2D eigenvalue weighted by molar-refractivity contribution is 7.92. The second-order valence-corrected chi connectivity index (χ2v) is 8.95. The van der Waals surface area contributed by atoms with Crippen molar-refractivity contribution in [1.82, 2.24) is 0 Å². The number of benzene rings is 4. The van der Waals surface area contributed by atoms with Crippen LogP contribution in [0.5, 0.6) is 5.75 Å². The molecule has 0 N–H and O–H groups in total. The van der Waals surface area contributed by atoms with Crippen LogP contribution in [0.1, 0.15) is 10.4 Å². The molecule has 0 fully saturated rings. The van der Waals surface area contributed by atoms with Gasteiger partial charge in [-0.1, -0.05) is 60.7 Å². The van der Waals surface area contributed by atoms with E-state index in [1.54, 1.807) is 36.4 Å². The summed E-state index contributed by atoms with van der Waals surface area (Å²) in [5.41, 5.74) is 0.655. The first-order valence-electron chi connectivity index (χ1n) is 9.99. The summed E-state index contributed by atoms with van der Waals surface area (Å²) >= 11 is 0. The van der Waals surface area contributed by atoms with Gasteiger partial charge in [0.25, 0.3) is 10.0 Å². The van der Waals surface area contributed by atoms with Crippen molar-refractivity contribution in [2.24, 2.45) is 0 Å². The van der Waals surface area contributed by atoms with E-state index in [-0.39, 0.29) is 17.0 Å². The van der Waals surface area contributed by atoms with E-state index in [0.29, 0.717) is 11.4 Å². The van der Waals surface area contributed by atoms with Crippen molar-refractivity contribution in [3.8, 4) is 5.75 Å². The number of esters is 1. The molecule has 0 bridgehead atoms. The molecule has 0 aliphatic carbocycles. The molecule has 0 saturated heterocycles. The van der Waals surface area contributed by atoms with Crippen LogP contribution >= 0.6 is 0 Å². The van der Waals surface area contributed by atoms with Gasteiger partial charge >= 0.3 is 5.97 Å². The van der Waals surface area contributed by atoms with Gasteiger partial charge in [-0.25, -0.2) is 13.2 Å². The van der Waals surface area contributed by atoms with E-state index in [4.69, 9.17) is 4.74 Å². The lowest BCUT2D eigenvalue weighted by molar-refractivity contribution is 0.0734. The zero-order valence-electron chi connectivity index (χ0n) is 17.2. The molecule has 5 nitrogen and oxygen atoms in total. The second-order valence-electron chi connectivity index (χ2n) is 7.09. The fourth-order valence-electron chi connectivity index (χ4n) is 3.36. The van der Waals surface area contributed by atoms with Gasteiger partial charge in [-0.15, -0.1) is 6.58 Å². The number of hydrogen-bond acceptors (Lipinski definition) is 4. The predicted molar refractivity (Wildman–Crippen MR) is 127 cm³/mol. The number of carbonyl (C=O) groups is 1. The van der Waals surface area contributed by atoms with Gasteiger partial charge in [0.1, 0.15) is 5.75 Å². The van der Waals surface area contributed by atoms with E-state index in [1.165, 1.54) is 34.6 Å². The van der Waals surface area contributed by atoms with Crippen LogP contribution in [0.15, 0.2) is 115 Å². The van der Waals surface area contributed by atoms with Crippen LogP contribution < -0.4 is 9.04 Å². The molecule has 160 valence electrons. The highest BCUT2D eigenvalue weighted by Crippen LogP contribution is 2.25. The summed E-state index contributed by atoms with van der Waals surface area (Å²) in [4.78, 5) is 12.7. The SMILES string of the molecule is C=CCN(c1ccccc1)S(=O)(=O)c1cccc(C(=O)Oc2ccc3ccccc3c2)c1. The van der Waals surface area contributed by atoms with Gasteiger partial charge in [0.15, 0.2) is 0 Å². The van der Waals surface area contributed by atoms with Crippen molar-refractivity contribution in [3.05, 3.63) is 115 Å². The van der Waals surface area contributed by atoms with E-state index in [2.05, 4.69) is 6.58 Å². The summed E-state index contributed by atoms with van der Waals surface area (Å²) in [6.45, 7) is 3.76. The average molecular weight is 444 g/mol. The summed E-state index contributed by atoms with van der Waals surface area (Å²) < 4.78 is 33.4. The third-order valence-electron chi connectivity index (χ3n) is 4.93. The highest BCUT2D eigenvalue weighted by atomic mass is 32.2. The number of nitrogens with zero attached hydrogens (tertiary/aromatic N) is 1. The van der Waals surface area contributed by atoms with Crippen LogP contribution in [0.25, 0.3) is 10.8 Å². The maximum atomic E-state index is 13.3. The van der Waals surface area contributed by atoms with Crippen molar-refractivity contribution in [1.29, 1.82) is 0 Å². The van der Waals surface area contributed by atoms with Crippen LogP contribution in [0.3, 0.4) is 0 Å². The molecule has 0 aliphatic rings. The molecule has 32 heavy (non-hydrogen) atoms. The summed E-state index contributed by atoms with van der Waals surface area (Å²) in [6, 6.07) is 27.7. The van der Waals surface area contributed by atoms with E-state index in [9.17, 15) is 13.2 Å². The quantitative estimate of drug-likeness (QED) is 0.217. The van der Waals surface area contributed by atoms with Crippen molar-refractivity contribution >= 4 is 32.5 Å². The smallest absolute Gasteiger partial charge is 0.343 e. The summed E-state index contributed by atoms with van der Waals surface area (Å²) in [7, 11) is -3.92. The number of carbonyl (C=O) groups excluding carboxylic acids is 1. The molecule has 0 radical (unpaired) electrons.